The molecule has 3 aromatic rings. The summed E-state index contributed by atoms with van der Waals surface area (Å²) in [6.07, 6.45) is 3.94. The minimum Gasteiger partial charge on any atom is -0.484 e. The maximum atomic E-state index is 12.6. The van der Waals surface area contributed by atoms with E-state index in [9.17, 15) is 4.79 Å². The molecule has 0 spiro atoms. The second kappa shape index (κ2) is 9.45. The summed E-state index contributed by atoms with van der Waals surface area (Å²) in [6, 6.07) is 11.4. The van der Waals surface area contributed by atoms with Gasteiger partial charge >= 0.3 is 0 Å². The van der Waals surface area contributed by atoms with Crippen LogP contribution in [0.15, 0.2) is 45.8 Å². The Morgan fingerprint density at radius 1 is 1.32 bits per heavy atom. The summed E-state index contributed by atoms with van der Waals surface area (Å²) in [5.74, 6) is 1.06. The van der Waals surface area contributed by atoms with E-state index in [2.05, 4.69) is 22.3 Å². The van der Waals surface area contributed by atoms with E-state index in [0.717, 1.165) is 34.9 Å². The molecule has 0 aliphatic rings. The van der Waals surface area contributed by atoms with Gasteiger partial charge in [-0.2, -0.15) is 5.10 Å². The number of hydrogen-bond donors (Lipinski definition) is 1. The Morgan fingerprint density at radius 2 is 2.14 bits per heavy atom. The predicted molar refractivity (Wildman–Crippen MR) is 107 cm³/mol. The van der Waals surface area contributed by atoms with E-state index in [1.807, 2.05) is 36.6 Å². The normalized spacial score (nSPS) is 10.8. The van der Waals surface area contributed by atoms with E-state index in [4.69, 9.17) is 9.26 Å². The Morgan fingerprint density at radius 3 is 2.93 bits per heavy atom. The zero-order valence-corrected chi connectivity index (χ0v) is 17.1. The first kappa shape index (κ1) is 20.0. The molecule has 2 aromatic heterocycles. The molecule has 0 saturated carbocycles. The first-order valence-corrected chi connectivity index (χ1v) is 10.3. The molecule has 3 rings (SSSR count). The average Bonchev–Trinajstić information content (AvgIpc) is 3.36. The molecular weight excluding hydrogens is 376 g/mol. The molecule has 7 nitrogen and oxygen atoms in total. The van der Waals surface area contributed by atoms with E-state index in [0.29, 0.717) is 12.3 Å². The van der Waals surface area contributed by atoms with Gasteiger partial charge in [0.25, 0.3) is 5.91 Å². The molecule has 1 amide bonds. The number of benzene rings is 1. The molecule has 0 atom stereocenters. The molecular formula is C20H24N4O3S. The zero-order chi connectivity index (χ0) is 19.9. The van der Waals surface area contributed by atoms with Crippen molar-refractivity contribution in [3.05, 3.63) is 59.2 Å². The van der Waals surface area contributed by atoms with Crippen LogP contribution in [0.2, 0.25) is 0 Å². The standard InChI is InChI=1S/C20H24N4O3S/c1-4-7-14-10-15(22-21-14)12-24(2)20(25)17-11-16(27-23-17)13-26-18-8-5-6-9-19(18)28-3/h5-6,8-11H,4,7,12-13H2,1-3H3,(H,21,22). The fourth-order valence-corrected chi connectivity index (χ4v) is 3.31. The molecule has 0 aliphatic heterocycles. The summed E-state index contributed by atoms with van der Waals surface area (Å²) >= 11 is 1.61. The molecule has 8 heteroatoms. The van der Waals surface area contributed by atoms with Gasteiger partial charge in [0, 0.05) is 18.0 Å². The summed E-state index contributed by atoms with van der Waals surface area (Å²) in [5.41, 5.74) is 2.15. The molecule has 0 bridgehead atoms. The summed E-state index contributed by atoms with van der Waals surface area (Å²) in [7, 11) is 1.72. The van der Waals surface area contributed by atoms with Crippen molar-refractivity contribution in [1.29, 1.82) is 0 Å². The highest BCUT2D eigenvalue weighted by atomic mass is 32.2. The average molecular weight is 401 g/mol. The van der Waals surface area contributed by atoms with Gasteiger partial charge in [0.1, 0.15) is 12.4 Å². The number of nitrogens with one attached hydrogen (secondary N) is 1. The van der Waals surface area contributed by atoms with Crippen molar-refractivity contribution in [1.82, 2.24) is 20.3 Å². The Balaban J connectivity index is 1.58. The quantitative estimate of drug-likeness (QED) is 0.548. The lowest BCUT2D eigenvalue weighted by Gasteiger charge is -2.13. The minimum atomic E-state index is -0.217. The number of aromatic amines is 1. The van der Waals surface area contributed by atoms with Crippen molar-refractivity contribution in [2.24, 2.45) is 0 Å². The van der Waals surface area contributed by atoms with Gasteiger partial charge < -0.3 is 14.2 Å². The van der Waals surface area contributed by atoms with Gasteiger partial charge in [0.15, 0.2) is 11.5 Å². The van der Waals surface area contributed by atoms with Crippen molar-refractivity contribution in [2.75, 3.05) is 13.3 Å². The van der Waals surface area contributed by atoms with Crippen LogP contribution in [0.25, 0.3) is 0 Å². The lowest BCUT2D eigenvalue weighted by molar-refractivity contribution is 0.0772. The molecule has 2 heterocycles. The number of aromatic nitrogens is 3. The maximum Gasteiger partial charge on any atom is 0.276 e. The number of carbonyl (C=O) groups is 1. The molecule has 148 valence electrons. The van der Waals surface area contributed by atoms with Crippen LogP contribution in [0.5, 0.6) is 5.75 Å². The van der Waals surface area contributed by atoms with Gasteiger partial charge in [-0.3, -0.25) is 9.89 Å². The number of rotatable bonds is 9. The third-order valence-corrected chi connectivity index (χ3v) is 4.94. The van der Waals surface area contributed by atoms with E-state index in [1.54, 1.807) is 29.8 Å². The highest BCUT2D eigenvalue weighted by Crippen LogP contribution is 2.27. The molecule has 1 N–H and O–H groups in total. The number of aryl methyl sites for hydroxylation is 1. The SMILES string of the molecule is CCCc1cc(CN(C)C(=O)c2cc(COc3ccccc3SC)on2)[nH]n1. The van der Waals surface area contributed by atoms with E-state index >= 15 is 0 Å². The summed E-state index contributed by atoms with van der Waals surface area (Å²) in [5, 5.41) is 11.1. The molecule has 0 radical (unpaired) electrons. The lowest BCUT2D eigenvalue weighted by atomic mass is 10.2. The van der Waals surface area contributed by atoms with Crippen LogP contribution in [-0.4, -0.2) is 39.5 Å². The number of amides is 1. The number of nitrogens with zero attached hydrogens (tertiary/aromatic N) is 3. The summed E-state index contributed by atoms with van der Waals surface area (Å²) < 4.78 is 11.1. The van der Waals surface area contributed by atoms with Crippen LogP contribution in [0, 0.1) is 0 Å². The van der Waals surface area contributed by atoms with Crippen LogP contribution >= 0.6 is 11.8 Å². The monoisotopic (exact) mass is 400 g/mol. The van der Waals surface area contributed by atoms with Crippen LogP contribution in [0.1, 0.15) is 41.0 Å². The highest BCUT2D eigenvalue weighted by molar-refractivity contribution is 7.98. The third-order valence-electron chi connectivity index (χ3n) is 4.16. The molecule has 0 fully saturated rings. The summed E-state index contributed by atoms with van der Waals surface area (Å²) in [4.78, 5) is 15.2. The Kier molecular flexibility index (Phi) is 6.76. The van der Waals surface area contributed by atoms with Crippen molar-refractivity contribution >= 4 is 17.7 Å². The number of carbonyl (C=O) groups excluding carboxylic acids is 1. The second-order valence-corrected chi connectivity index (χ2v) is 7.26. The summed E-state index contributed by atoms with van der Waals surface area (Å²) in [6.45, 7) is 2.74. The van der Waals surface area contributed by atoms with Crippen molar-refractivity contribution in [3.63, 3.8) is 0 Å². The minimum absolute atomic E-state index is 0.211. The van der Waals surface area contributed by atoms with Crippen LogP contribution in [0.4, 0.5) is 0 Å². The first-order valence-electron chi connectivity index (χ1n) is 9.10. The van der Waals surface area contributed by atoms with Gasteiger partial charge in [0.05, 0.1) is 17.9 Å². The van der Waals surface area contributed by atoms with Gasteiger partial charge in [0.2, 0.25) is 0 Å². The number of thioether (sulfide) groups is 1. The molecule has 0 unspecified atom stereocenters. The fourth-order valence-electron chi connectivity index (χ4n) is 2.77. The third kappa shape index (κ3) is 4.95. The maximum absolute atomic E-state index is 12.6. The number of hydrogen-bond acceptors (Lipinski definition) is 6. The van der Waals surface area contributed by atoms with Gasteiger partial charge in [-0.05, 0) is 30.9 Å². The topological polar surface area (TPSA) is 84.3 Å². The van der Waals surface area contributed by atoms with Crippen molar-refractivity contribution < 1.29 is 14.1 Å². The Bertz CT molecular complexity index is 922. The number of ether oxygens (including phenoxy) is 1. The second-order valence-electron chi connectivity index (χ2n) is 6.41. The predicted octanol–water partition coefficient (Wildman–Crippen LogP) is 3.92. The van der Waals surface area contributed by atoms with Crippen LogP contribution < -0.4 is 4.74 Å². The van der Waals surface area contributed by atoms with E-state index in [1.165, 1.54) is 0 Å². The van der Waals surface area contributed by atoms with E-state index < -0.39 is 0 Å². The molecule has 0 saturated heterocycles. The van der Waals surface area contributed by atoms with Crippen LogP contribution in [-0.2, 0) is 19.6 Å². The van der Waals surface area contributed by atoms with Crippen molar-refractivity contribution in [2.45, 2.75) is 37.8 Å². The molecule has 0 aliphatic carbocycles. The van der Waals surface area contributed by atoms with E-state index in [-0.39, 0.29) is 18.2 Å². The highest BCUT2D eigenvalue weighted by Gasteiger charge is 2.18. The van der Waals surface area contributed by atoms with Crippen LogP contribution in [0.3, 0.4) is 0 Å². The zero-order valence-electron chi connectivity index (χ0n) is 16.3. The Hall–Kier alpha value is -2.74. The largest absolute Gasteiger partial charge is 0.484 e. The molecule has 1 aromatic carbocycles. The van der Waals surface area contributed by atoms with Gasteiger partial charge in [-0.15, -0.1) is 11.8 Å². The fraction of sp³-hybridized carbons (Fsp3) is 0.350. The van der Waals surface area contributed by atoms with Crippen molar-refractivity contribution in [3.8, 4) is 5.75 Å². The first-order chi connectivity index (χ1) is 13.6. The van der Waals surface area contributed by atoms with Gasteiger partial charge in [-0.1, -0.05) is 30.6 Å². The smallest absolute Gasteiger partial charge is 0.276 e. The number of H-pyrrole nitrogens is 1. The van der Waals surface area contributed by atoms with Gasteiger partial charge in [-0.25, -0.2) is 0 Å². The number of para-hydroxylation sites is 1. The lowest BCUT2D eigenvalue weighted by Crippen LogP contribution is -2.26. The Labute approximate surface area is 168 Å². The molecule has 28 heavy (non-hydrogen) atoms.